The minimum absolute atomic E-state index is 0.0731. The van der Waals surface area contributed by atoms with E-state index in [9.17, 15) is 32.9 Å². The highest BCUT2D eigenvalue weighted by atomic mass is 19.4. The van der Waals surface area contributed by atoms with Gasteiger partial charge in [0.15, 0.2) is 5.43 Å². The molecule has 0 bridgehead atoms. The van der Waals surface area contributed by atoms with Crippen LogP contribution in [0.25, 0.3) is 11.0 Å². The number of hydrogen-bond donors (Lipinski definition) is 0. The molecule has 0 unspecified atom stereocenters. The molecule has 1 aliphatic heterocycles. The molecule has 0 N–H and O–H groups in total. The Hall–Kier alpha value is -3.11. The molecule has 0 atom stereocenters. The predicted molar refractivity (Wildman–Crippen MR) is 110 cm³/mol. The Balaban J connectivity index is 1.61. The van der Waals surface area contributed by atoms with Crippen LogP contribution >= 0.6 is 0 Å². The van der Waals surface area contributed by atoms with Gasteiger partial charge in [-0.1, -0.05) is 19.3 Å². The smallest absolute Gasteiger partial charge is 0.416 e. The summed E-state index contributed by atoms with van der Waals surface area (Å²) in [5.74, 6) is 0.255. The molecule has 0 radical (unpaired) electrons. The number of non-ortho nitro benzene ring substituents is 1. The third-order valence-corrected chi connectivity index (χ3v) is 6.15. The van der Waals surface area contributed by atoms with Crippen molar-refractivity contribution in [1.29, 1.82) is 0 Å². The molecule has 1 aromatic heterocycles. The number of halogens is 3. The van der Waals surface area contributed by atoms with Crippen LogP contribution in [0.4, 0.5) is 24.7 Å². The van der Waals surface area contributed by atoms with Crippen molar-refractivity contribution in [2.24, 2.45) is 5.92 Å². The second-order valence-electron chi connectivity index (χ2n) is 8.34. The molecule has 11 heteroatoms. The van der Waals surface area contributed by atoms with Crippen LogP contribution in [-0.4, -0.2) is 41.9 Å². The molecule has 2 fully saturated rings. The summed E-state index contributed by atoms with van der Waals surface area (Å²) in [5, 5.41) is 10.8. The highest BCUT2D eigenvalue weighted by Crippen LogP contribution is 2.36. The maximum atomic E-state index is 13.1. The van der Waals surface area contributed by atoms with E-state index in [1.165, 1.54) is 11.3 Å². The van der Waals surface area contributed by atoms with Crippen LogP contribution in [-0.2, 0) is 11.0 Å². The number of nitro benzene ring substituents is 1. The van der Waals surface area contributed by atoms with Crippen molar-refractivity contribution >= 4 is 28.4 Å². The molecular weight excluding hydrogens is 431 g/mol. The Kier molecular flexibility index (Phi) is 5.83. The summed E-state index contributed by atoms with van der Waals surface area (Å²) >= 11 is 0. The van der Waals surface area contributed by atoms with E-state index < -0.39 is 38.7 Å². The number of rotatable bonds is 4. The van der Waals surface area contributed by atoms with Crippen molar-refractivity contribution in [2.75, 3.05) is 31.1 Å². The molecule has 1 aromatic carbocycles. The molecule has 4 rings (SSSR count). The van der Waals surface area contributed by atoms with Gasteiger partial charge in [0, 0.05) is 31.8 Å². The number of benzene rings is 1. The third kappa shape index (κ3) is 4.42. The van der Waals surface area contributed by atoms with Gasteiger partial charge in [-0.25, -0.2) is 0 Å². The maximum absolute atomic E-state index is 13.1. The van der Waals surface area contributed by atoms with Crippen molar-refractivity contribution in [3.63, 3.8) is 0 Å². The highest BCUT2D eigenvalue weighted by molar-refractivity contribution is 5.88. The summed E-state index contributed by atoms with van der Waals surface area (Å²) in [7, 11) is 0. The first-order chi connectivity index (χ1) is 15.1. The number of hydrogen-bond acceptors (Lipinski definition) is 6. The quantitative estimate of drug-likeness (QED) is 0.514. The number of alkyl halides is 3. The van der Waals surface area contributed by atoms with Crippen LogP contribution in [0.2, 0.25) is 0 Å². The number of nitrogens with zero attached hydrogens (tertiary/aromatic N) is 3. The Bertz CT molecular complexity index is 1110. The Morgan fingerprint density at radius 3 is 2.44 bits per heavy atom. The molecule has 1 saturated heterocycles. The Labute approximate surface area is 180 Å². The fraction of sp³-hybridized carbons (Fsp3) is 0.524. The molecule has 0 spiro atoms. The van der Waals surface area contributed by atoms with Gasteiger partial charge in [0.2, 0.25) is 17.4 Å². The van der Waals surface area contributed by atoms with Crippen molar-refractivity contribution in [3.05, 3.63) is 44.1 Å². The Morgan fingerprint density at radius 2 is 1.81 bits per heavy atom. The molecule has 1 amide bonds. The summed E-state index contributed by atoms with van der Waals surface area (Å²) in [4.78, 5) is 38.8. The third-order valence-electron chi connectivity index (χ3n) is 6.15. The number of anilines is 1. The van der Waals surface area contributed by atoms with E-state index in [0.29, 0.717) is 37.7 Å². The van der Waals surface area contributed by atoms with Crippen molar-refractivity contribution < 1.29 is 27.3 Å². The van der Waals surface area contributed by atoms with Gasteiger partial charge >= 0.3 is 11.9 Å². The molecule has 2 heterocycles. The first-order valence-electron chi connectivity index (χ1n) is 10.5. The van der Waals surface area contributed by atoms with Gasteiger partial charge < -0.3 is 14.2 Å². The first kappa shape index (κ1) is 22.1. The zero-order valence-electron chi connectivity index (χ0n) is 17.2. The van der Waals surface area contributed by atoms with Gasteiger partial charge in [0.1, 0.15) is 0 Å². The van der Waals surface area contributed by atoms with Crippen molar-refractivity contribution in [3.8, 4) is 0 Å². The van der Waals surface area contributed by atoms with Gasteiger partial charge in [0.25, 0.3) is 0 Å². The van der Waals surface area contributed by atoms with E-state index in [1.54, 1.807) is 4.90 Å². The minimum atomic E-state index is -4.86. The van der Waals surface area contributed by atoms with Gasteiger partial charge in [-0.3, -0.25) is 19.7 Å². The highest BCUT2D eigenvalue weighted by Gasteiger charge is 2.35. The maximum Gasteiger partial charge on any atom is 0.416 e. The normalized spacial score (nSPS) is 18.4. The first-order valence-corrected chi connectivity index (χ1v) is 10.5. The topological polar surface area (TPSA) is 96.9 Å². The zero-order chi connectivity index (χ0) is 23.0. The summed E-state index contributed by atoms with van der Waals surface area (Å²) in [6.07, 6.45) is 0.875. The zero-order valence-corrected chi connectivity index (χ0v) is 17.2. The molecule has 172 valence electrons. The number of amides is 1. The minimum Gasteiger partial charge on any atom is -0.433 e. The summed E-state index contributed by atoms with van der Waals surface area (Å²) in [6.45, 7) is 1.36. The molecule has 1 saturated carbocycles. The van der Waals surface area contributed by atoms with Crippen LogP contribution in [0.5, 0.6) is 0 Å². The second-order valence-corrected chi connectivity index (χ2v) is 8.34. The molecule has 1 aliphatic carbocycles. The predicted octanol–water partition coefficient (Wildman–Crippen LogP) is 3.95. The number of carbonyl (C=O) groups is 1. The second kappa shape index (κ2) is 8.44. The summed E-state index contributed by atoms with van der Waals surface area (Å²) in [5.41, 5.74) is -3.63. The van der Waals surface area contributed by atoms with Gasteiger partial charge in [-0.2, -0.15) is 13.2 Å². The summed E-state index contributed by atoms with van der Waals surface area (Å²) in [6, 6.07) is 1.88. The van der Waals surface area contributed by atoms with Crippen LogP contribution < -0.4 is 10.3 Å². The van der Waals surface area contributed by atoms with Crippen molar-refractivity contribution in [2.45, 2.75) is 38.3 Å². The number of fused-ring (bicyclic) bond motifs is 1. The monoisotopic (exact) mass is 453 g/mol. The van der Waals surface area contributed by atoms with E-state index in [0.717, 1.165) is 31.7 Å². The molecule has 8 nitrogen and oxygen atoms in total. The fourth-order valence-electron chi connectivity index (χ4n) is 4.45. The van der Waals surface area contributed by atoms with E-state index in [2.05, 4.69) is 0 Å². The number of nitro groups is 1. The lowest BCUT2D eigenvalue weighted by Crippen LogP contribution is -2.52. The van der Waals surface area contributed by atoms with Crippen LogP contribution in [0.1, 0.15) is 37.7 Å². The van der Waals surface area contributed by atoms with Gasteiger partial charge in [0.05, 0.1) is 22.4 Å². The van der Waals surface area contributed by atoms with E-state index in [4.69, 9.17) is 4.42 Å². The lowest BCUT2D eigenvalue weighted by molar-refractivity contribution is -0.383. The van der Waals surface area contributed by atoms with E-state index in [1.807, 2.05) is 0 Å². The van der Waals surface area contributed by atoms with Gasteiger partial charge in [-0.15, -0.1) is 0 Å². The largest absolute Gasteiger partial charge is 0.433 e. The van der Waals surface area contributed by atoms with Gasteiger partial charge in [-0.05, 0) is 24.8 Å². The molecule has 2 aliphatic rings. The van der Waals surface area contributed by atoms with E-state index in [-0.39, 0.29) is 18.3 Å². The average Bonchev–Trinajstić information content (AvgIpc) is 2.74. The lowest BCUT2D eigenvalue weighted by Gasteiger charge is -2.37. The molecule has 2 aromatic rings. The number of piperazine rings is 1. The van der Waals surface area contributed by atoms with Crippen LogP contribution in [0.3, 0.4) is 0 Å². The summed E-state index contributed by atoms with van der Waals surface area (Å²) < 4.78 is 44.8. The SMILES string of the molecule is O=C1CN(c2cc(=O)c3cc(C(F)(F)F)cc([N+](=O)[O-])c3o2)CCN1CC1CCCCC1. The standard InChI is InChI=1S/C21H22F3N3O5/c22-21(23,24)14-8-15-17(28)10-19(32-20(15)16(9-14)27(30)31)26-7-6-25(18(29)12-26)11-13-4-2-1-3-5-13/h8-10,13H,1-7,11-12H2. The number of carbonyl (C=O) groups excluding carboxylic acids is 1. The molecule has 32 heavy (non-hydrogen) atoms. The van der Waals surface area contributed by atoms with Crippen molar-refractivity contribution in [1.82, 2.24) is 4.90 Å². The van der Waals surface area contributed by atoms with Crippen LogP contribution in [0, 0.1) is 16.0 Å². The fourth-order valence-corrected chi connectivity index (χ4v) is 4.45. The average molecular weight is 453 g/mol. The molecular formula is C21H22F3N3O5. The van der Waals surface area contributed by atoms with E-state index >= 15 is 0 Å². The lowest BCUT2D eigenvalue weighted by atomic mass is 9.89. The Morgan fingerprint density at radius 1 is 1.09 bits per heavy atom. The van der Waals surface area contributed by atoms with Crippen LogP contribution in [0.15, 0.2) is 27.4 Å².